The largest absolute Gasteiger partial charge is 0.392 e. The van der Waals surface area contributed by atoms with Crippen LogP contribution in [-0.2, 0) is 14.3 Å². The van der Waals surface area contributed by atoms with Crippen molar-refractivity contribution in [3.63, 3.8) is 0 Å². The molecule has 4 aliphatic carbocycles. The Morgan fingerprint density at radius 3 is 2.31 bits per heavy atom. The number of fused-ring (bicyclic) bond motifs is 5. The number of aliphatic hydroxyl groups excluding tert-OH is 2. The van der Waals surface area contributed by atoms with Gasteiger partial charge in [0.05, 0.1) is 17.8 Å². The van der Waals surface area contributed by atoms with E-state index < -0.39 is 12.4 Å². The van der Waals surface area contributed by atoms with Gasteiger partial charge in [0.2, 0.25) is 0 Å². The van der Waals surface area contributed by atoms with Gasteiger partial charge in [-0.1, -0.05) is 46.3 Å². The summed E-state index contributed by atoms with van der Waals surface area (Å²) in [5, 5.41) is 22.9. The fourth-order valence-electron chi connectivity index (χ4n) is 10.5. The first kappa shape index (κ1) is 24.6. The number of carbonyl (C=O) groups excluding carboxylic acids is 1. The fraction of sp³-hybridized carbons (Fsp3) is 0.900. The molecule has 2 N–H and O–H groups in total. The first-order chi connectivity index (χ1) is 16.2. The van der Waals surface area contributed by atoms with Crippen molar-refractivity contribution < 1.29 is 24.5 Å². The van der Waals surface area contributed by atoms with E-state index in [1.807, 2.05) is 0 Å². The van der Waals surface area contributed by atoms with Crippen LogP contribution >= 0.6 is 0 Å². The summed E-state index contributed by atoms with van der Waals surface area (Å²) in [7, 11) is 0. The number of ketones is 1. The van der Waals surface area contributed by atoms with E-state index in [-0.39, 0.29) is 51.3 Å². The van der Waals surface area contributed by atoms with Crippen molar-refractivity contribution in [1.29, 1.82) is 0 Å². The number of rotatable bonds is 2. The molecular weight excluding hydrogens is 440 g/mol. The predicted octanol–water partition coefficient (Wildman–Crippen LogP) is 5.03. The van der Waals surface area contributed by atoms with E-state index in [1.54, 1.807) is 0 Å². The van der Waals surface area contributed by atoms with Crippen LogP contribution in [0, 0.1) is 45.3 Å². The minimum atomic E-state index is -0.747. The van der Waals surface area contributed by atoms with Crippen LogP contribution in [0.4, 0.5) is 0 Å². The van der Waals surface area contributed by atoms with Crippen LogP contribution in [0.3, 0.4) is 0 Å². The van der Waals surface area contributed by atoms with E-state index in [0.717, 1.165) is 32.1 Å². The third kappa shape index (κ3) is 3.05. The van der Waals surface area contributed by atoms with Crippen molar-refractivity contribution in [3.8, 4) is 0 Å². The average Bonchev–Trinajstić information content (AvgIpc) is 3.06. The molecule has 0 aromatic carbocycles. The van der Waals surface area contributed by atoms with E-state index in [0.29, 0.717) is 30.5 Å². The van der Waals surface area contributed by atoms with Gasteiger partial charge in [-0.05, 0) is 81.0 Å². The van der Waals surface area contributed by atoms with E-state index in [9.17, 15) is 15.0 Å². The Bertz CT molecular complexity index is 968. The SMILES string of the molecule is CC1(C)O[C@H]1[C@H]1C[C@@H]([C@@H]2CC=C3[C@]4(C)[C@H](O)C[C@H]5C(C)(C)C(=O)CC[C@]5(C)[C@H]4CC[C@]32C)C(O)O1. The highest BCUT2D eigenvalue weighted by Gasteiger charge is 2.69. The maximum Gasteiger partial charge on any atom is 0.158 e. The number of epoxide rings is 1. The molecule has 0 aromatic rings. The number of allylic oxidation sites excluding steroid dienone is 1. The van der Waals surface area contributed by atoms with Gasteiger partial charge in [-0.25, -0.2) is 0 Å². The first-order valence-corrected chi connectivity index (χ1v) is 14.1. The molecule has 0 amide bonds. The molecule has 2 saturated heterocycles. The summed E-state index contributed by atoms with van der Waals surface area (Å²) in [6.45, 7) is 15.6. The van der Waals surface area contributed by atoms with Gasteiger partial charge < -0.3 is 19.7 Å². The molecule has 5 heteroatoms. The van der Waals surface area contributed by atoms with Gasteiger partial charge in [-0.2, -0.15) is 0 Å². The molecule has 6 aliphatic rings. The van der Waals surface area contributed by atoms with E-state index >= 15 is 0 Å². The zero-order valence-electron chi connectivity index (χ0n) is 22.8. The third-order valence-corrected chi connectivity index (χ3v) is 12.6. The number of hydrogen-bond acceptors (Lipinski definition) is 5. The highest BCUT2D eigenvalue weighted by molar-refractivity contribution is 5.85. The molecule has 0 aromatic heterocycles. The van der Waals surface area contributed by atoms with Crippen LogP contribution in [0.15, 0.2) is 11.6 Å². The van der Waals surface area contributed by atoms with Crippen LogP contribution in [0.2, 0.25) is 0 Å². The zero-order valence-corrected chi connectivity index (χ0v) is 22.8. The Hall–Kier alpha value is -0.750. The Kier molecular flexibility index (Phi) is 5.06. The summed E-state index contributed by atoms with van der Waals surface area (Å²) in [6.07, 6.45) is 7.51. The Morgan fingerprint density at radius 1 is 0.971 bits per heavy atom. The molecule has 2 aliphatic heterocycles. The zero-order chi connectivity index (χ0) is 25.3. The summed E-state index contributed by atoms with van der Waals surface area (Å²) in [6, 6.07) is 0. The Morgan fingerprint density at radius 2 is 1.66 bits per heavy atom. The molecule has 35 heavy (non-hydrogen) atoms. The number of hydrogen-bond donors (Lipinski definition) is 2. The minimum Gasteiger partial charge on any atom is -0.392 e. The first-order valence-electron chi connectivity index (χ1n) is 14.1. The lowest BCUT2D eigenvalue weighted by Crippen LogP contribution is -2.65. The van der Waals surface area contributed by atoms with Crippen LogP contribution in [0.1, 0.15) is 93.4 Å². The van der Waals surface area contributed by atoms with Crippen molar-refractivity contribution in [3.05, 3.63) is 11.6 Å². The summed E-state index contributed by atoms with van der Waals surface area (Å²) < 4.78 is 11.9. The molecule has 0 spiro atoms. The van der Waals surface area contributed by atoms with Crippen molar-refractivity contribution in [1.82, 2.24) is 0 Å². The minimum absolute atomic E-state index is 0.0356. The van der Waals surface area contributed by atoms with E-state index in [4.69, 9.17) is 9.47 Å². The van der Waals surface area contributed by atoms with Gasteiger partial charge in [0.15, 0.2) is 6.29 Å². The summed E-state index contributed by atoms with van der Waals surface area (Å²) in [5.41, 5.74) is 0.630. The number of carbonyl (C=O) groups is 1. The Labute approximate surface area is 211 Å². The number of aliphatic hydroxyl groups is 2. The van der Waals surface area contributed by atoms with Gasteiger partial charge in [0.25, 0.3) is 0 Å². The lowest BCUT2D eigenvalue weighted by Gasteiger charge is -2.67. The summed E-state index contributed by atoms with van der Waals surface area (Å²) in [4.78, 5) is 12.9. The smallest absolute Gasteiger partial charge is 0.158 e. The fourth-order valence-corrected chi connectivity index (χ4v) is 10.5. The maximum absolute atomic E-state index is 12.9. The Balaban J connectivity index is 1.30. The second kappa shape index (κ2) is 7.21. The van der Waals surface area contributed by atoms with Gasteiger partial charge >= 0.3 is 0 Å². The van der Waals surface area contributed by atoms with Gasteiger partial charge in [0.1, 0.15) is 11.9 Å². The lowest BCUT2D eigenvalue weighted by molar-refractivity contribution is -0.193. The normalized spacial score (nSPS) is 56.1. The third-order valence-electron chi connectivity index (χ3n) is 12.6. The van der Waals surface area contributed by atoms with Gasteiger partial charge in [-0.15, -0.1) is 0 Å². The maximum atomic E-state index is 12.9. The molecule has 5 nitrogen and oxygen atoms in total. The average molecular weight is 487 g/mol. The molecule has 196 valence electrons. The van der Waals surface area contributed by atoms with Crippen LogP contribution < -0.4 is 0 Å². The highest BCUT2D eigenvalue weighted by atomic mass is 16.7. The van der Waals surface area contributed by atoms with Crippen molar-refractivity contribution in [2.24, 2.45) is 45.3 Å². The quantitative estimate of drug-likeness (QED) is 0.423. The lowest BCUT2D eigenvalue weighted by atomic mass is 9.37. The molecule has 0 radical (unpaired) electrons. The van der Waals surface area contributed by atoms with Crippen LogP contribution in [0.25, 0.3) is 0 Å². The second-order valence-electron chi connectivity index (χ2n) is 14.8. The second-order valence-corrected chi connectivity index (χ2v) is 14.8. The van der Waals surface area contributed by atoms with E-state index in [1.165, 1.54) is 5.57 Å². The van der Waals surface area contributed by atoms with Crippen LogP contribution in [-0.4, -0.2) is 46.2 Å². The van der Waals surface area contributed by atoms with Crippen molar-refractivity contribution in [2.75, 3.05) is 0 Å². The molecule has 5 fully saturated rings. The van der Waals surface area contributed by atoms with Crippen molar-refractivity contribution >= 4 is 5.78 Å². The monoisotopic (exact) mass is 486 g/mol. The molecule has 6 rings (SSSR count). The van der Waals surface area contributed by atoms with Gasteiger partial charge in [0, 0.05) is 23.2 Å². The highest BCUT2D eigenvalue weighted by Crippen LogP contribution is 2.73. The predicted molar refractivity (Wildman–Crippen MR) is 133 cm³/mol. The summed E-state index contributed by atoms with van der Waals surface area (Å²) >= 11 is 0. The molecule has 0 bridgehead atoms. The van der Waals surface area contributed by atoms with Crippen molar-refractivity contribution in [2.45, 2.75) is 124 Å². The van der Waals surface area contributed by atoms with Gasteiger partial charge in [-0.3, -0.25) is 4.79 Å². The molecule has 1 unspecified atom stereocenters. The number of ether oxygens (including phenoxy) is 2. The van der Waals surface area contributed by atoms with Crippen LogP contribution in [0.5, 0.6) is 0 Å². The molecule has 11 atom stereocenters. The summed E-state index contributed by atoms with van der Waals surface area (Å²) in [5.74, 6) is 1.36. The molecular formula is C30H46O5. The molecule has 3 saturated carbocycles. The van der Waals surface area contributed by atoms with E-state index in [2.05, 4.69) is 54.5 Å². The topological polar surface area (TPSA) is 79.3 Å². The number of Topliss-reactive ketones (excluding diaryl/α,β-unsaturated/α-hetero) is 1. The molecule has 2 heterocycles. The standard InChI is InChI=1S/C30H46O5/c1-26(2)21-15-23(32)30(7)19-9-8-17(16-14-18(34-25(16)33)24-27(3,4)35-24)28(19,5)12-10-20(30)29(21,6)13-11-22(26)31/h9,16-18,20-21,23-25,32-33H,8,10-15H2,1-7H3/t16-,17-,18+,20+,21-,23+,24-,25?,28-,29+,30-/m0/s1.